The van der Waals surface area contributed by atoms with Crippen LogP contribution < -0.4 is 0 Å². The van der Waals surface area contributed by atoms with E-state index < -0.39 is 8.60 Å². The SMILES string of the molecule is OP(O)O.[Fe+2]. The van der Waals surface area contributed by atoms with Gasteiger partial charge >= 0.3 is 25.7 Å². The Bertz CT molecular complexity index is 11.6. The third kappa shape index (κ3) is 56.2. The average molecular weight is 138 g/mol. The van der Waals surface area contributed by atoms with Gasteiger partial charge in [0.15, 0.2) is 0 Å². The zero-order valence-corrected chi connectivity index (χ0v) is 4.14. The fraction of sp³-hybridized carbons (Fsp3) is 0. The van der Waals surface area contributed by atoms with Gasteiger partial charge in [-0.05, 0) is 0 Å². The summed E-state index contributed by atoms with van der Waals surface area (Å²) in [7, 11) is -2.62. The van der Waals surface area contributed by atoms with E-state index in [0.29, 0.717) is 0 Å². The van der Waals surface area contributed by atoms with Gasteiger partial charge in [-0.3, -0.25) is 0 Å². The van der Waals surface area contributed by atoms with Crippen LogP contribution >= 0.6 is 8.60 Å². The van der Waals surface area contributed by atoms with Crippen LogP contribution in [0.15, 0.2) is 0 Å². The van der Waals surface area contributed by atoms with Gasteiger partial charge in [-0.25, -0.2) is 0 Å². The van der Waals surface area contributed by atoms with Crippen molar-refractivity contribution >= 4 is 8.60 Å². The quantitative estimate of drug-likeness (QED) is 0.303. The Labute approximate surface area is 41.1 Å². The predicted octanol–water partition coefficient (Wildman–Crippen LogP) is -0.812. The summed E-state index contributed by atoms with van der Waals surface area (Å²) >= 11 is 0. The number of rotatable bonds is 0. The van der Waals surface area contributed by atoms with E-state index in [1.54, 1.807) is 0 Å². The number of hydrogen-bond acceptors (Lipinski definition) is 3. The average Bonchev–Trinajstić information content (AvgIpc) is 0.811. The second kappa shape index (κ2) is 4.83. The third-order valence-corrected chi connectivity index (χ3v) is 0. The minimum atomic E-state index is -2.62. The molecule has 0 radical (unpaired) electrons. The van der Waals surface area contributed by atoms with E-state index >= 15 is 0 Å². The molecule has 0 bridgehead atoms. The van der Waals surface area contributed by atoms with Crippen molar-refractivity contribution in [3.05, 3.63) is 0 Å². The molecule has 0 heterocycles. The topological polar surface area (TPSA) is 60.7 Å². The molecule has 0 aliphatic rings. The molecule has 0 aromatic rings. The van der Waals surface area contributed by atoms with Crippen molar-refractivity contribution < 1.29 is 31.7 Å². The zero-order valence-electron chi connectivity index (χ0n) is 2.14. The Morgan fingerprint density at radius 2 is 1.00 bits per heavy atom. The summed E-state index contributed by atoms with van der Waals surface area (Å²) < 4.78 is 0. The minimum absolute atomic E-state index is 0. The van der Waals surface area contributed by atoms with Gasteiger partial charge < -0.3 is 14.7 Å². The van der Waals surface area contributed by atoms with E-state index in [9.17, 15) is 0 Å². The van der Waals surface area contributed by atoms with Crippen LogP contribution in [0.4, 0.5) is 0 Å². The molecule has 0 aliphatic carbocycles. The summed E-state index contributed by atoms with van der Waals surface area (Å²) in [4.78, 5) is 21.7. The van der Waals surface area contributed by atoms with Crippen molar-refractivity contribution in [2.24, 2.45) is 0 Å². The summed E-state index contributed by atoms with van der Waals surface area (Å²) in [5.41, 5.74) is 0. The van der Waals surface area contributed by atoms with Gasteiger partial charge in [-0.1, -0.05) is 0 Å². The largest absolute Gasteiger partial charge is 2.00 e. The summed E-state index contributed by atoms with van der Waals surface area (Å²) in [6.45, 7) is 0. The molecule has 32 valence electrons. The van der Waals surface area contributed by atoms with Gasteiger partial charge in [0, 0.05) is 0 Å². The molecule has 5 heavy (non-hydrogen) atoms. The molecule has 0 spiro atoms. The Hall–Kier alpha value is 0.829. The third-order valence-electron chi connectivity index (χ3n) is 0. The Morgan fingerprint density at radius 1 is 1.00 bits per heavy atom. The monoisotopic (exact) mass is 138 g/mol. The second-order valence-corrected chi connectivity index (χ2v) is 0.805. The summed E-state index contributed by atoms with van der Waals surface area (Å²) in [5.74, 6) is 0. The van der Waals surface area contributed by atoms with Gasteiger partial charge in [-0.2, -0.15) is 0 Å². The first-order valence-corrected chi connectivity index (χ1v) is 1.80. The second-order valence-electron chi connectivity index (χ2n) is 0.268. The van der Waals surface area contributed by atoms with Crippen LogP contribution in [-0.4, -0.2) is 14.7 Å². The molecule has 0 aromatic heterocycles. The smallest absolute Gasteiger partial charge is 0.328 e. The van der Waals surface area contributed by atoms with Gasteiger partial charge in [0.1, 0.15) is 0 Å². The minimum Gasteiger partial charge on any atom is -0.328 e. The molecule has 5 heteroatoms. The number of hydrogen-bond donors (Lipinski definition) is 3. The predicted molar refractivity (Wildman–Crippen MR) is 13.6 cm³/mol. The van der Waals surface area contributed by atoms with Crippen LogP contribution in [0.25, 0.3) is 0 Å². The van der Waals surface area contributed by atoms with Crippen molar-refractivity contribution in [1.29, 1.82) is 0 Å². The fourth-order valence-electron chi connectivity index (χ4n) is 0. The van der Waals surface area contributed by atoms with E-state index in [2.05, 4.69) is 0 Å². The Balaban J connectivity index is 0. The van der Waals surface area contributed by atoms with Gasteiger partial charge in [-0.15, -0.1) is 0 Å². The molecular formula is H3FeO3P+2. The molecule has 0 aromatic carbocycles. The van der Waals surface area contributed by atoms with Gasteiger partial charge in [0.2, 0.25) is 0 Å². The first kappa shape index (κ1) is 9.27. The summed E-state index contributed by atoms with van der Waals surface area (Å²) in [6.07, 6.45) is 0. The summed E-state index contributed by atoms with van der Waals surface area (Å²) in [6, 6.07) is 0. The standard InChI is InChI=1S/Fe.H3O3P/c;1-4(2)3/h;1-3H/q+2;. The van der Waals surface area contributed by atoms with Crippen molar-refractivity contribution in [3.8, 4) is 0 Å². The zero-order chi connectivity index (χ0) is 3.58. The molecule has 0 rings (SSSR count). The molecule has 0 unspecified atom stereocenters. The Kier molecular flexibility index (Phi) is 8.96. The van der Waals surface area contributed by atoms with Crippen molar-refractivity contribution in [2.45, 2.75) is 0 Å². The maximum atomic E-state index is 7.23. The van der Waals surface area contributed by atoms with E-state index in [1.165, 1.54) is 0 Å². The van der Waals surface area contributed by atoms with Crippen molar-refractivity contribution in [2.75, 3.05) is 0 Å². The molecule has 0 fully saturated rings. The molecule has 0 saturated heterocycles. The van der Waals surface area contributed by atoms with E-state index in [0.717, 1.165) is 0 Å². The summed E-state index contributed by atoms with van der Waals surface area (Å²) in [5, 5.41) is 0. The van der Waals surface area contributed by atoms with Crippen LogP contribution in [0.2, 0.25) is 0 Å². The Morgan fingerprint density at radius 3 is 1.00 bits per heavy atom. The maximum absolute atomic E-state index is 7.23. The first-order chi connectivity index (χ1) is 1.73. The fourth-order valence-corrected chi connectivity index (χ4v) is 0. The van der Waals surface area contributed by atoms with Gasteiger partial charge in [0.05, 0.1) is 0 Å². The van der Waals surface area contributed by atoms with Crippen LogP contribution in [0.1, 0.15) is 0 Å². The first-order valence-electron chi connectivity index (χ1n) is 0.600. The van der Waals surface area contributed by atoms with E-state index in [-0.39, 0.29) is 17.1 Å². The van der Waals surface area contributed by atoms with E-state index in [1.807, 2.05) is 0 Å². The van der Waals surface area contributed by atoms with Gasteiger partial charge in [0.25, 0.3) is 0 Å². The molecule has 3 N–H and O–H groups in total. The molecule has 0 amide bonds. The molecule has 0 saturated carbocycles. The van der Waals surface area contributed by atoms with Crippen LogP contribution in [-0.2, 0) is 17.1 Å². The molecule has 0 aliphatic heterocycles. The molecule has 3 nitrogen and oxygen atoms in total. The normalized spacial score (nSPS) is 7.20. The maximum Gasteiger partial charge on any atom is 2.00 e. The van der Waals surface area contributed by atoms with Crippen molar-refractivity contribution in [1.82, 2.24) is 0 Å². The molecule has 0 atom stereocenters. The van der Waals surface area contributed by atoms with Crippen LogP contribution in [0.5, 0.6) is 0 Å². The van der Waals surface area contributed by atoms with Crippen molar-refractivity contribution in [3.63, 3.8) is 0 Å². The van der Waals surface area contributed by atoms with Crippen LogP contribution in [0.3, 0.4) is 0 Å². The molecular weight excluding hydrogens is 135 g/mol. The van der Waals surface area contributed by atoms with Crippen LogP contribution in [0, 0.1) is 0 Å². The van der Waals surface area contributed by atoms with E-state index in [4.69, 9.17) is 14.7 Å².